The van der Waals surface area contributed by atoms with E-state index in [9.17, 15) is 37.1 Å². The monoisotopic (exact) mass is 719 g/mol. The molecule has 1 N–H and O–H groups in total. The first-order chi connectivity index (χ1) is 24.7. The van der Waals surface area contributed by atoms with E-state index in [0.717, 1.165) is 12.1 Å². The Morgan fingerprint density at radius 2 is 1.35 bits per heavy atom. The van der Waals surface area contributed by atoms with E-state index in [2.05, 4.69) is 10.3 Å². The fourth-order valence-electron chi connectivity index (χ4n) is 5.23. The summed E-state index contributed by atoms with van der Waals surface area (Å²) in [5.74, 6) is -4.09. The number of halogens is 3. The molecule has 0 aliphatic rings. The van der Waals surface area contributed by atoms with Gasteiger partial charge in [-0.3, -0.25) is 29.0 Å². The Kier molecular flexibility index (Phi) is 12.5. The summed E-state index contributed by atoms with van der Waals surface area (Å²) >= 11 is 0. The molecule has 0 fully saturated rings. The standard InChI is InChI=1S/C38H36F3N3O8/c1-5-50-35(48)37(36(49)51-6-2,25-12-8-7-9-13-25)23-52-32(45)21-31-30(34(47)44(3)4)20-27(22-42-31)43-33(46)29-15-11-10-14-28(29)24-16-18-26(19-17-24)38(39,40)41/h7-20,22H,5-6,21,23H2,1-4H3,(H,43,46). The third kappa shape index (κ3) is 8.81. The van der Waals surface area contributed by atoms with E-state index in [-0.39, 0.29) is 41.3 Å². The van der Waals surface area contributed by atoms with Gasteiger partial charge in [-0.2, -0.15) is 13.2 Å². The number of ether oxygens (including phenoxy) is 3. The van der Waals surface area contributed by atoms with E-state index < -0.39 is 59.9 Å². The zero-order valence-electron chi connectivity index (χ0n) is 28.8. The molecule has 14 heteroatoms. The number of hydrogen-bond donors (Lipinski definition) is 1. The number of carbonyl (C=O) groups excluding carboxylic acids is 5. The number of nitrogens with one attached hydrogen (secondary N) is 1. The number of pyridine rings is 1. The molecule has 0 bridgehead atoms. The van der Waals surface area contributed by atoms with Crippen LogP contribution in [0.4, 0.5) is 18.9 Å². The number of alkyl halides is 3. The largest absolute Gasteiger partial charge is 0.465 e. The van der Waals surface area contributed by atoms with Gasteiger partial charge >= 0.3 is 24.1 Å². The maximum Gasteiger partial charge on any atom is 0.416 e. The van der Waals surface area contributed by atoms with Gasteiger partial charge in [-0.05, 0) is 54.8 Å². The molecule has 0 aliphatic heterocycles. The van der Waals surface area contributed by atoms with Gasteiger partial charge in [0.05, 0.1) is 48.3 Å². The second-order valence-corrected chi connectivity index (χ2v) is 11.5. The maximum atomic E-state index is 13.4. The first-order valence-corrected chi connectivity index (χ1v) is 16.1. The quantitative estimate of drug-likeness (QED) is 0.102. The van der Waals surface area contributed by atoms with Crippen LogP contribution in [0, 0.1) is 0 Å². The summed E-state index contributed by atoms with van der Waals surface area (Å²) in [5, 5.41) is 2.66. The van der Waals surface area contributed by atoms with Gasteiger partial charge in [0, 0.05) is 19.7 Å². The molecule has 0 aliphatic carbocycles. The first kappa shape index (κ1) is 38.7. The molecule has 3 aromatic carbocycles. The molecule has 0 radical (unpaired) electrons. The van der Waals surface area contributed by atoms with Crippen molar-refractivity contribution in [3.8, 4) is 11.1 Å². The Morgan fingerprint density at radius 3 is 1.92 bits per heavy atom. The van der Waals surface area contributed by atoms with Crippen LogP contribution in [-0.2, 0) is 46.6 Å². The lowest BCUT2D eigenvalue weighted by molar-refractivity contribution is -0.170. The Labute approximate surface area is 297 Å². The van der Waals surface area contributed by atoms with Gasteiger partial charge in [0.1, 0.15) is 6.61 Å². The number of benzene rings is 3. The normalized spacial score (nSPS) is 11.3. The molecule has 11 nitrogen and oxygen atoms in total. The molecular formula is C38H36F3N3O8. The number of hydrogen-bond acceptors (Lipinski definition) is 9. The molecular weight excluding hydrogens is 683 g/mol. The number of anilines is 1. The van der Waals surface area contributed by atoms with Crippen molar-refractivity contribution in [1.82, 2.24) is 9.88 Å². The van der Waals surface area contributed by atoms with Crippen LogP contribution < -0.4 is 5.32 Å². The Morgan fingerprint density at radius 1 is 0.750 bits per heavy atom. The van der Waals surface area contributed by atoms with Crippen molar-refractivity contribution in [1.29, 1.82) is 0 Å². The van der Waals surface area contributed by atoms with Gasteiger partial charge in [0.2, 0.25) is 5.41 Å². The average Bonchev–Trinajstić information content (AvgIpc) is 3.12. The number of nitrogens with zero attached hydrogens (tertiary/aromatic N) is 2. The molecule has 0 spiro atoms. The van der Waals surface area contributed by atoms with Crippen LogP contribution in [0.3, 0.4) is 0 Å². The van der Waals surface area contributed by atoms with Gasteiger partial charge in [-0.15, -0.1) is 0 Å². The molecule has 272 valence electrons. The predicted molar refractivity (Wildman–Crippen MR) is 183 cm³/mol. The van der Waals surface area contributed by atoms with Crippen LogP contribution >= 0.6 is 0 Å². The van der Waals surface area contributed by atoms with Gasteiger partial charge < -0.3 is 24.4 Å². The van der Waals surface area contributed by atoms with Crippen molar-refractivity contribution in [2.24, 2.45) is 0 Å². The van der Waals surface area contributed by atoms with Crippen LogP contribution in [0.15, 0.2) is 91.1 Å². The van der Waals surface area contributed by atoms with Gasteiger partial charge in [0.25, 0.3) is 11.8 Å². The molecule has 1 heterocycles. The van der Waals surface area contributed by atoms with Crippen LogP contribution in [0.5, 0.6) is 0 Å². The number of aromatic nitrogens is 1. The predicted octanol–water partition coefficient (Wildman–Crippen LogP) is 5.87. The summed E-state index contributed by atoms with van der Waals surface area (Å²) in [6.07, 6.45) is -3.86. The third-order valence-corrected chi connectivity index (χ3v) is 7.84. The highest BCUT2D eigenvalue weighted by Gasteiger charge is 2.52. The molecule has 4 rings (SSSR count). The molecule has 2 amide bonds. The van der Waals surface area contributed by atoms with Crippen molar-refractivity contribution in [2.75, 3.05) is 39.2 Å². The molecule has 0 unspecified atom stereocenters. The van der Waals surface area contributed by atoms with Crippen molar-refractivity contribution in [3.63, 3.8) is 0 Å². The Balaban J connectivity index is 1.60. The summed E-state index contributed by atoms with van der Waals surface area (Å²) in [4.78, 5) is 72.0. The summed E-state index contributed by atoms with van der Waals surface area (Å²) < 4.78 is 55.3. The number of carbonyl (C=O) groups is 5. The Bertz CT molecular complexity index is 1910. The van der Waals surface area contributed by atoms with E-state index in [4.69, 9.17) is 14.2 Å². The topological polar surface area (TPSA) is 141 Å². The number of amides is 2. The zero-order valence-corrected chi connectivity index (χ0v) is 28.8. The van der Waals surface area contributed by atoms with Crippen molar-refractivity contribution in [2.45, 2.75) is 31.9 Å². The van der Waals surface area contributed by atoms with E-state index in [1.807, 2.05) is 0 Å². The van der Waals surface area contributed by atoms with E-state index in [0.29, 0.717) is 11.1 Å². The molecule has 0 saturated carbocycles. The SMILES string of the molecule is CCOC(=O)C(COC(=O)Cc1ncc(NC(=O)c2ccccc2-c2ccc(C(F)(F)F)cc2)cc1C(=O)N(C)C)(C(=O)OCC)c1ccccc1. The lowest BCUT2D eigenvalue weighted by atomic mass is 9.81. The van der Waals surface area contributed by atoms with Crippen LogP contribution in [0.1, 0.15) is 51.4 Å². The highest BCUT2D eigenvalue weighted by atomic mass is 19.4. The third-order valence-electron chi connectivity index (χ3n) is 7.84. The molecule has 0 atom stereocenters. The van der Waals surface area contributed by atoms with E-state index >= 15 is 0 Å². The highest BCUT2D eigenvalue weighted by molar-refractivity contribution is 6.09. The fourth-order valence-corrected chi connectivity index (χ4v) is 5.23. The number of esters is 3. The van der Waals surface area contributed by atoms with Crippen molar-refractivity contribution in [3.05, 3.63) is 119 Å². The lowest BCUT2D eigenvalue weighted by Crippen LogP contribution is -2.50. The van der Waals surface area contributed by atoms with Gasteiger partial charge in [-0.1, -0.05) is 60.7 Å². The minimum atomic E-state index is -4.52. The van der Waals surface area contributed by atoms with E-state index in [1.54, 1.807) is 50.2 Å². The second-order valence-electron chi connectivity index (χ2n) is 11.5. The maximum absolute atomic E-state index is 13.4. The fraction of sp³-hybridized carbons (Fsp3) is 0.263. The first-order valence-electron chi connectivity index (χ1n) is 16.1. The van der Waals surface area contributed by atoms with Crippen LogP contribution in [0.2, 0.25) is 0 Å². The highest BCUT2D eigenvalue weighted by Crippen LogP contribution is 2.33. The number of rotatable bonds is 13. The molecule has 52 heavy (non-hydrogen) atoms. The lowest BCUT2D eigenvalue weighted by Gasteiger charge is -2.29. The summed E-state index contributed by atoms with van der Waals surface area (Å²) in [5.41, 5.74) is -1.91. The summed E-state index contributed by atoms with van der Waals surface area (Å²) in [7, 11) is 2.95. The second kappa shape index (κ2) is 16.8. The Hall–Kier alpha value is -6.05. The zero-order chi connectivity index (χ0) is 38.1. The summed E-state index contributed by atoms with van der Waals surface area (Å²) in [6, 6.07) is 19.9. The van der Waals surface area contributed by atoms with Gasteiger partial charge in [0.15, 0.2) is 0 Å². The summed E-state index contributed by atoms with van der Waals surface area (Å²) in [6.45, 7) is 2.22. The van der Waals surface area contributed by atoms with Crippen LogP contribution in [0.25, 0.3) is 11.1 Å². The van der Waals surface area contributed by atoms with Gasteiger partial charge in [-0.25, -0.2) is 0 Å². The average molecular weight is 720 g/mol. The molecule has 1 aromatic heterocycles. The smallest absolute Gasteiger partial charge is 0.416 e. The van der Waals surface area contributed by atoms with E-state index in [1.165, 1.54) is 61.6 Å². The van der Waals surface area contributed by atoms with Crippen molar-refractivity contribution >= 4 is 35.4 Å². The minimum absolute atomic E-state index is 0.0237. The van der Waals surface area contributed by atoms with Crippen molar-refractivity contribution < 1.29 is 51.4 Å². The molecule has 4 aromatic rings. The molecule has 0 saturated heterocycles. The minimum Gasteiger partial charge on any atom is -0.465 e. The van der Waals surface area contributed by atoms with Crippen LogP contribution in [-0.4, -0.2) is 73.5 Å².